The summed E-state index contributed by atoms with van der Waals surface area (Å²) in [5.41, 5.74) is 6.92. The number of nitrogens with zero attached hydrogens (tertiary/aromatic N) is 2. The number of halogens is 2. The molecule has 2 N–H and O–H groups in total. The van der Waals surface area contributed by atoms with Crippen molar-refractivity contribution < 1.29 is 0 Å². The molecule has 6 heteroatoms. The minimum absolute atomic E-state index is 0.0508. The van der Waals surface area contributed by atoms with Gasteiger partial charge in [0.1, 0.15) is 5.82 Å². The van der Waals surface area contributed by atoms with Gasteiger partial charge >= 0.3 is 0 Å². The van der Waals surface area contributed by atoms with Crippen LogP contribution in [0.3, 0.4) is 0 Å². The van der Waals surface area contributed by atoms with Crippen molar-refractivity contribution in [1.82, 2.24) is 20.2 Å². The Balaban J connectivity index is 1.66. The number of rotatable bonds is 6. The van der Waals surface area contributed by atoms with Gasteiger partial charge in [-0.1, -0.05) is 77.3 Å². The van der Waals surface area contributed by atoms with Crippen LogP contribution in [0.15, 0.2) is 72.8 Å². The van der Waals surface area contributed by atoms with Crippen LogP contribution in [0.4, 0.5) is 0 Å². The van der Waals surface area contributed by atoms with Gasteiger partial charge in [-0.05, 0) is 49.2 Å². The average molecular weight is 505 g/mol. The van der Waals surface area contributed by atoms with Gasteiger partial charge < -0.3 is 10.3 Å². The Morgan fingerprint density at radius 1 is 0.771 bits per heavy atom. The van der Waals surface area contributed by atoms with E-state index >= 15 is 0 Å². The highest BCUT2D eigenvalue weighted by atomic mass is 35.5. The monoisotopic (exact) mass is 504 g/mol. The number of piperazine rings is 1. The summed E-state index contributed by atoms with van der Waals surface area (Å²) in [5, 5.41) is 4.97. The molecule has 1 aliphatic heterocycles. The molecule has 1 saturated heterocycles. The van der Waals surface area contributed by atoms with Gasteiger partial charge in [-0.15, -0.1) is 0 Å². The van der Waals surface area contributed by atoms with Crippen molar-refractivity contribution in [3.8, 4) is 11.4 Å². The number of benzene rings is 3. The first-order valence-corrected chi connectivity index (χ1v) is 12.8. The van der Waals surface area contributed by atoms with E-state index in [1.165, 1.54) is 16.7 Å². The Morgan fingerprint density at radius 2 is 1.31 bits per heavy atom. The Morgan fingerprint density at radius 3 is 1.86 bits per heavy atom. The van der Waals surface area contributed by atoms with Gasteiger partial charge in [-0.2, -0.15) is 0 Å². The molecule has 3 aromatic carbocycles. The van der Waals surface area contributed by atoms with Gasteiger partial charge in [0.25, 0.3) is 0 Å². The van der Waals surface area contributed by atoms with Crippen molar-refractivity contribution in [1.29, 1.82) is 0 Å². The van der Waals surface area contributed by atoms with Gasteiger partial charge in [0.15, 0.2) is 0 Å². The van der Waals surface area contributed by atoms with Crippen LogP contribution in [0.2, 0.25) is 10.0 Å². The van der Waals surface area contributed by atoms with Crippen LogP contribution in [0.25, 0.3) is 11.4 Å². The summed E-state index contributed by atoms with van der Waals surface area (Å²) in [4.78, 5) is 11.4. The fourth-order valence-corrected chi connectivity index (χ4v) is 5.26. The summed E-state index contributed by atoms with van der Waals surface area (Å²) in [6, 6.07) is 25.0. The minimum Gasteiger partial charge on any atom is -0.342 e. The molecule has 1 fully saturated rings. The zero-order valence-corrected chi connectivity index (χ0v) is 21.6. The van der Waals surface area contributed by atoms with Crippen molar-refractivity contribution in [2.75, 3.05) is 26.2 Å². The predicted molar refractivity (Wildman–Crippen MR) is 145 cm³/mol. The molecule has 180 valence electrons. The average Bonchev–Trinajstić information content (AvgIpc) is 3.26. The van der Waals surface area contributed by atoms with E-state index < -0.39 is 0 Å². The van der Waals surface area contributed by atoms with E-state index in [-0.39, 0.29) is 12.0 Å². The first kappa shape index (κ1) is 24.1. The van der Waals surface area contributed by atoms with Crippen molar-refractivity contribution in [3.05, 3.63) is 111 Å². The molecule has 35 heavy (non-hydrogen) atoms. The lowest BCUT2D eigenvalue weighted by Gasteiger charge is -2.39. The van der Waals surface area contributed by atoms with E-state index in [9.17, 15) is 0 Å². The van der Waals surface area contributed by atoms with Crippen molar-refractivity contribution in [2.24, 2.45) is 0 Å². The first-order valence-electron chi connectivity index (χ1n) is 12.1. The molecule has 0 bridgehead atoms. The van der Waals surface area contributed by atoms with Crippen LogP contribution in [0, 0.1) is 13.8 Å². The summed E-state index contributed by atoms with van der Waals surface area (Å²) in [6.07, 6.45) is 0. The highest BCUT2D eigenvalue weighted by Crippen LogP contribution is 2.42. The summed E-state index contributed by atoms with van der Waals surface area (Å²) >= 11 is 12.6. The van der Waals surface area contributed by atoms with Gasteiger partial charge in [-0.3, -0.25) is 4.90 Å². The lowest BCUT2D eigenvalue weighted by molar-refractivity contribution is 0.156. The second kappa shape index (κ2) is 10.5. The van der Waals surface area contributed by atoms with E-state index in [0.717, 1.165) is 59.0 Å². The molecule has 1 aromatic heterocycles. The second-order valence-corrected chi connectivity index (χ2v) is 10.1. The van der Waals surface area contributed by atoms with Crippen molar-refractivity contribution >= 4 is 23.2 Å². The first-order chi connectivity index (χ1) is 17.0. The quantitative estimate of drug-likeness (QED) is 0.304. The number of imidazole rings is 1. The van der Waals surface area contributed by atoms with Crippen molar-refractivity contribution in [2.45, 2.75) is 25.8 Å². The maximum absolute atomic E-state index is 6.28. The standard InChI is InChI=1S/C29H30Cl2N4/c1-19-3-5-23(6-4-19)29-33-20(2)27(34-29)28(35-17-15-32-16-18-35)26(21-7-11-24(30)12-8-21)22-9-13-25(31)14-10-22/h3-14,26,28,32H,15-18H2,1-2H3,(H,33,34). The molecule has 1 unspecified atom stereocenters. The highest BCUT2D eigenvalue weighted by Gasteiger charge is 2.35. The van der Waals surface area contributed by atoms with Gasteiger partial charge in [0, 0.05) is 53.4 Å². The number of aromatic nitrogens is 2. The topological polar surface area (TPSA) is 44.0 Å². The third-order valence-corrected chi connectivity index (χ3v) is 7.35. The molecule has 4 aromatic rings. The number of H-pyrrole nitrogens is 1. The van der Waals surface area contributed by atoms with Crippen LogP contribution >= 0.6 is 23.2 Å². The Labute approximate surface area is 217 Å². The number of hydrogen-bond acceptors (Lipinski definition) is 3. The van der Waals surface area contributed by atoms with Crippen LogP contribution in [-0.2, 0) is 0 Å². The summed E-state index contributed by atoms with van der Waals surface area (Å²) in [6.45, 7) is 8.06. The van der Waals surface area contributed by atoms with E-state index in [1.807, 2.05) is 24.3 Å². The SMILES string of the molecule is Cc1ccc(-c2nc(C(C(c3ccc(Cl)cc3)c3ccc(Cl)cc3)N3CCNCC3)c(C)[nH]2)cc1. The molecule has 0 amide bonds. The molecular weight excluding hydrogens is 475 g/mol. The molecule has 4 nitrogen and oxygen atoms in total. The Kier molecular flexibility index (Phi) is 7.26. The smallest absolute Gasteiger partial charge is 0.137 e. The molecule has 5 rings (SSSR count). The number of aromatic amines is 1. The van der Waals surface area contributed by atoms with E-state index in [4.69, 9.17) is 28.2 Å². The lowest BCUT2D eigenvalue weighted by Crippen LogP contribution is -2.47. The van der Waals surface area contributed by atoms with E-state index in [1.54, 1.807) is 0 Å². The highest BCUT2D eigenvalue weighted by molar-refractivity contribution is 6.30. The van der Waals surface area contributed by atoms with Gasteiger partial charge in [0.2, 0.25) is 0 Å². The molecule has 1 aliphatic rings. The molecule has 1 atom stereocenters. The second-order valence-electron chi connectivity index (χ2n) is 9.27. The Bertz CT molecular complexity index is 1210. The lowest BCUT2D eigenvalue weighted by atomic mass is 9.82. The van der Waals surface area contributed by atoms with Crippen molar-refractivity contribution in [3.63, 3.8) is 0 Å². The molecular formula is C29H30Cl2N4. The molecule has 2 heterocycles. The van der Waals surface area contributed by atoms with Gasteiger partial charge in [0.05, 0.1) is 11.7 Å². The molecule has 0 radical (unpaired) electrons. The fourth-order valence-electron chi connectivity index (χ4n) is 5.01. The Hall–Kier alpha value is -2.63. The van der Waals surface area contributed by atoms with E-state index in [2.05, 4.69) is 77.6 Å². The van der Waals surface area contributed by atoms with Gasteiger partial charge in [-0.25, -0.2) is 4.98 Å². The van der Waals surface area contributed by atoms with Crippen LogP contribution in [0.5, 0.6) is 0 Å². The number of nitrogens with one attached hydrogen (secondary N) is 2. The third kappa shape index (κ3) is 5.31. The maximum Gasteiger partial charge on any atom is 0.137 e. The van der Waals surface area contributed by atoms with Crippen LogP contribution in [-0.4, -0.2) is 41.0 Å². The fraction of sp³-hybridized carbons (Fsp3) is 0.276. The molecule has 0 spiro atoms. The number of aryl methyl sites for hydroxylation is 2. The third-order valence-electron chi connectivity index (χ3n) is 6.85. The largest absolute Gasteiger partial charge is 0.342 e. The maximum atomic E-state index is 6.28. The zero-order chi connectivity index (χ0) is 24.4. The van der Waals surface area contributed by atoms with Crippen LogP contribution in [0.1, 0.15) is 40.0 Å². The molecule has 0 saturated carbocycles. The molecule has 0 aliphatic carbocycles. The normalized spacial score (nSPS) is 15.5. The zero-order valence-electron chi connectivity index (χ0n) is 20.1. The summed E-state index contributed by atoms with van der Waals surface area (Å²) in [5.74, 6) is 0.971. The summed E-state index contributed by atoms with van der Waals surface area (Å²) < 4.78 is 0. The summed E-state index contributed by atoms with van der Waals surface area (Å²) in [7, 11) is 0. The predicted octanol–water partition coefficient (Wildman–Crippen LogP) is 6.78. The number of hydrogen-bond donors (Lipinski definition) is 2. The van der Waals surface area contributed by atoms with Crippen LogP contribution < -0.4 is 5.32 Å². The van der Waals surface area contributed by atoms with E-state index in [0.29, 0.717) is 0 Å². The minimum atomic E-state index is 0.0508.